The van der Waals surface area contributed by atoms with Crippen LogP contribution in [0.5, 0.6) is 5.75 Å². The Morgan fingerprint density at radius 3 is 2.50 bits per heavy atom. The Morgan fingerprint density at radius 2 is 1.74 bits per heavy atom. The van der Waals surface area contributed by atoms with Crippen LogP contribution in [0.2, 0.25) is 5.02 Å². The predicted octanol–water partition coefficient (Wildman–Crippen LogP) is 5.55. The van der Waals surface area contributed by atoms with Gasteiger partial charge in [-0.25, -0.2) is 0 Å². The Hall–Kier alpha value is -3.75. The lowest BCUT2D eigenvalue weighted by molar-refractivity contribution is -0.123. The number of nitrogens with zero attached hydrogens (tertiary/aromatic N) is 3. The van der Waals surface area contributed by atoms with Gasteiger partial charge in [0.2, 0.25) is 0 Å². The molecule has 0 N–H and O–H groups in total. The number of hydrogen-bond donors (Lipinski definition) is 0. The molecule has 2 aliphatic rings. The van der Waals surface area contributed by atoms with Gasteiger partial charge >= 0.3 is 0 Å². The summed E-state index contributed by atoms with van der Waals surface area (Å²) < 4.78 is 5.48. The molecule has 7 nitrogen and oxygen atoms in total. The van der Waals surface area contributed by atoms with Gasteiger partial charge in [0, 0.05) is 36.8 Å². The number of hydrogen-bond acceptors (Lipinski definition) is 6. The van der Waals surface area contributed by atoms with E-state index in [1.807, 2.05) is 41.3 Å². The minimum Gasteiger partial charge on any atom is -0.495 e. The highest BCUT2D eigenvalue weighted by Crippen LogP contribution is 2.34. The summed E-state index contributed by atoms with van der Waals surface area (Å²) in [7, 11) is 1.66. The molecule has 3 amide bonds. The molecule has 3 aromatic rings. The maximum Gasteiger partial charge on any atom is 0.293 e. The molecule has 2 fully saturated rings. The number of para-hydroxylation sites is 2. The van der Waals surface area contributed by atoms with Crippen LogP contribution in [0, 0.1) is 0 Å². The normalized spacial score (nSPS) is 16.9. The van der Waals surface area contributed by atoms with Crippen molar-refractivity contribution in [3.63, 3.8) is 0 Å². The molecule has 3 aromatic carbocycles. The van der Waals surface area contributed by atoms with Crippen LogP contribution in [0.3, 0.4) is 0 Å². The van der Waals surface area contributed by atoms with Crippen molar-refractivity contribution in [1.82, 2.24) is 9.80 Å². The summed E-state index contributed by atoms with van der Waals surface area (Å²) in [4.78, 5) is 44.4. The lowest BCUT2D eigenvalue weighted by Crippen LogP contribution is -2.48. The van der Waals surface area contributed by atoms with Crippen molar-refractivity contribution in [3.8, 4) is 5.75 Å². The number of anilines is 1. The minimum atomic E-state index is -0.357. The number of halogens is 1. The van der Waals surface area contributed by atoms with Gasteiger partial charge in [-0.2, -0.15) is 0 Å². The van der Waals surface area contributed by atoms with Gasteiger partial charge in [0.1, 0.15) is 5.75 Å². The van der Waals surface area contributed by atoms with Crippen molar-refractivity contribution in [1.29, 1.82) is 0 Å². The molecular weight excluding hydrogens is 522 g/mol. The van der Waals surface area contributed by atoms with Crippen LogP contribution in [0.4, 0.5) is 10.5 Å². The molecular formula is C29H26ClN3O4S. The number of ether oxygens (including phenoxy) is 1. The summed E-state index contributed by atoms with van der Waals surface area (Å²) in [5, 5.41) is 0.217. The van der Waals surface area contributed by atoms with Crippen LogP contribution in [-0.2, 0) is 11.3 Å². The first-order valence-electron chi connectivity index (χ1n) is 12.2. The van der Waals surface area contributed by atoms with Crippen molar-refractivity contribution in [2.24, 2.45) is 0 Å². The molecule has 194 valence electrons. The Kier molecular flexibility index (Phi) is 7.72. The Balaban J connectivity index is 1.25. The summed E-state index contributed by atoms with van der Waals surface area (Å²) in [6.07, 6.45) is 1.67. The Labute approximate surface area is 230 Å². The van der Waals surface area contributed by atoms with Gasteiger partial charge in [-0.15, -0.1) is 0 Å². The Bertz CT molecular complexity index is 1420. The van der Waals surface area contributed by atoms with E-state index < -0.39 is 0 Å². The number of benzene rings is 3. The molecule has 0 atom stereocenters. The fraction of sp³-hybridized carbons (Fsp3) is 0.207. The van der Waals surface area contributed by atoms with E-state index in [1.165, 1.54) is 4.90 Å². The molecule has 2 aliphatic heterocycles. The second-order valence-electron chi connectivity index (χ2n) is 8.97. The summed E-state index contributed by atoms with van der Waals surface area (Å²) in [6.45, 7) is 2.73. The molecule has 0 radical (unpaired) electrons. The van der Waals surface area contributed by atoms with E-state index in [1.54, 1.807) is 49.6 Å². The number of piperazine rings is 1. The third-order valence-corrected chi connectivity index (χ3v) is 7.67. The standard InChI is InChI=1S/C29H26ClN3O4S/c1-37-25-11-3-2-10-24(25)31-12-14-32(15-13-31)27(34)22-8-4-6-20(16-22)18-26-28(35)33(29(36)38-26)19-21-7-5-9-23(30)17-21/h2-11,16-18H,12-15,19H2,1H3/b26-18-. The maximum absolute atomic E-state index is 13.3. The minimum absolute atomic E-state index is 0.0611. The molecule has 0 aliphatic carbocycles. The van der Waals surface area contributed by atoms with E-state index in [0.29, 0.717) is 47.2 Å². The second kappa shape index (κ2) is 11.3. The largest absolute Gasteiger partial charge is 0.495 e. The number of imide groups is 1. The number of rotatable bonds is 6. The SMILES string of the molecule is COc1ccccc1N1CCN(C(=O)c2cccc(/C=C3\SC(=O)N(Cc4cccc(Cl)c4)C3=O)c2)CC1. The molecule has 0 unspecified atom stereocenters. The average Bonchev–Trinajstić information content (AvgIpc) is 3.20. The molecule has 38 heavy (non-hydrogen) atoms. The number of carbonyl (C=O) groups is 3. The van der Waals surface area contributed by atoms with E-state index in [-0.39, 0.29) is 23.6 Å². The topological polar surface area (TPSA) is 70.2 Å². The summed E-state index contributed by atoms with van der Waals surface area (Å²) >= 11 is 6.94. The number of thioether (sulfide) groups is 1. The summed E-state index contributed by atoms with van der Waals surface area (Å²) in [6, 6.07) is 22.1. The molecule has 0 aromatic heterocycles. The first kappa shape index (κ1) is 25.9. The van der Waals surface area contributed by atoms with Gasteiger partial charge in [-0.05, 0) is 65.4 Å². The van der Waals surface area contributed by atoms with Gasteiger partial charge in [-0.3, -0.25) is 19.3 Å². The third kappa shape index (κ3) is 5.56. The van der Waals surface area contributed by atoms with E-state index in [4.69, 9.17) is 16.3 Å². The lowest BCUT2D eigenvalue weighted by atomic mass is 10.1. The van der Waals surface area contributed by atoms with Crippen LogP contribution >= 0.6 is 23.4 Å². The van der Waals surface area contributed by atoms with Crippen LogP contribution in [0.25, 0.3) is 6.08 Å². The summed E-state index contributed by atoms with van der Waals surface area (Å²) in [5.74, 6) is 0.398. The van der Waals surface area contributed by atoms with E-state index in [2.05, 4.69) is 4.90 Å². The lowest BCUT2D eigenvalue weighted by Gasteiger charge is -2.36. The average molecular weight is 548 g/mol. The summed E-state index contributed by atoms with van der Waals surface area (Å²) in [5.41, 5.74) is 3.03. The zero-order chi connectivity index (χ0) is 26.6. The molecule has 9 heteroatoms. The quantitative estimate of drug-likeness (QED) is 0.377. The molecule has 2 heterocycles. The van der Waals surface area contributed by atoms with Crippen LogP contribution < -0.4 is 9.64 Å². The van der Waals surface area contributed by atoms with Crippen molar-refractivity contribution in [2.45, 2.75) is 6.54 Å². The van der Waals surface area contributed by atoms with Crippen molar-refractivity contribution < 1.29 is 19.1 Å². The van der Waals surface area contributed by atoms with Gasteiger partial charge < -0.3 is 14.5 Å². The van der Waals surface area contributed by atoms with E-state index >= 15 is 0 Å². The molecule has 0 spiro atoms. The zero-order valence-corrected chi connectivity index (χ0v) is 22.4. The Morgan fingerprint density at radius 1 is 0.974 bits per heavy atom. The van der Waals surface area contributed by atoms with Gasteiger partial charge in [0.25, 0.3) is 17.1 Å². The van der Waals surface area contributed by atoms with Crippen LogP contribution in [0.15, 0.2) is 77.7 Å². The first-order chi connectivity index (χ1) is 18.4. The second-order valence-corrected chi connectivity index (χ2v) is 10.4. The fourth-order valence-corrected chi connectivity index (χ4v) is 5.64. The highest BCUT2D eigenvalue weighted by atomic mass is 35.5. The molecule has 0 saturated carbocycles. The molecule has 0 bridgehead atoms. The monoisotopic (exact) mass is 547 g/mol. The first-order valence-corrected chi connectivity index (χ1v) is 13.4. The number of carbonyl (C=O) groups excluding carboxylic acids is 3. The predicted molar refractivity (Wildman–Crippen MR) is 151 cm³/mol. The van der Waals surface area contributed by atoms with E-state index in [0.717, 1.165) is 28.8 Å². The van der Waals surface area contributed by atoms with Crippen molar-refractivity contribution >= 4 is 52.2 Å². The zero-order valence-electron chi connectivity index (χ0n) is 20.8. The number of methoxy groups -OCH3 is 1. The molecule has 2 saturated heterocycles. The molecule has 5 rings (SSSR count). The van der Waals surface area contributed by atoms with Crippen LogP contribution in [0.1, 0.15) is 21.5 Å². The van der Waals surface area contributed by atoms with Gasteiger partial charge in [0.15, 0.2) is 0 Å². The van der Waals surface area contributed by atoms with Gasteiger partial charge in [0.05, 0.1) is 24.2 Å². The van der Waals surface area contributed by atoms with Crippen molar-refractivity contribution in [3.05, 3.63) is 99.4 Å². The third-order valence-electron chi connectivity index (χ3n) is 6.53. The highest BCUT2D eigenvalue weighted by molar-refractivity contribution is 8.18. The van der Waals surface area contributed by atoms with Gasteiger partial charge in [-0.1, -0.05) is 48.0 Å². The smallest absolute Gasteiger partial charge is 0.293 e. The van der Waals surface area contributed by atoms with Crippen molar-refractivity contribution in [2.75, 3.05) is 38.2 Å². The maximum atomic E-state index is 13.3. The number of amides is 3. The fourth-order valence-electron chi connectivity index (χ4n) is 4.59. The van der Waals surface area contributed by atoms with Crippen LogP contribution in [-0.4, -0.2) is 60.1 Å². The highest BCUT2D eigenvalue weighted by Gasteiger charge is 2.35. The van der Waals surface area contributed by atoms with E-state index in [9.17, 15) is 14.4 Å².